The lowest BCUT2D eigenvalue weighted by molar-refractivity contribution is 0.0778. The van der Waals surface area contributed by atoms with Gasteiger partial charge in [-0.2, -0.15) is 0 Å². The highest BCUT2D eigenvalue weighted by Crippen LogP contribution is 2.29. The zero-order chi connectivity index (χ0) is 12.7. The summed E-state index contributed by atoms with van der Waals surface area (Å²) in [5.41, 5.74) is 0.185. The summed E-state index contributed by atoms with van der Waals surface area (Å²) in [5, 5.41) is 12.9. The number of hydrogen-bond donors (Lipinski definition) is 2. The van der Waals surface area contributed by atoms with Crippen LogP contribution in [0.25, 0.3) is 0 Å². The molecule has 3 rings (SSSR count). The predicted molar refractivity (Wildman–Crippen MR) is 63.8 cm³/mol. The van der Waals surface area contributed by atoms with Gasteiger partial charge in [-0.05, 0) is 24.0 Å². The van der Waals surface area contributed by atoms with Gasteiger partial charge in [0.25, 0.3) is 5.91 Å². The Kier molecular flexibility index (Phi) is 2.70. The molecular weight excluding hydrogens is 235 g/mol. The van der Waals surface area contributed by atoms with Crippen LogP contribution in [0.2, 0.25) is 0 Å². The third-order valence-corrected chi connectivity index (χ3v) is 3.87. The Morgan fingerprint density at radius 3 is 2.61 bits per heavy atom. The maximum atomic E-state index is 12.9. The molecule has 0 bridgehead atoms. The molecule has 2 aliphatic rings. The normalized spacial score (nSPS) is 26.4. The average Bonchev–Trinajstić information content (AvgIpc) is 2.87. The van der Waals surface area contributed by atoms with Gasteiger partial charge < -0.3 is 15.3 Å². The maximum absolute atomic E-state index is 12.9. The molecule has 2 atom stereocenters. The SMILES string of the molecule is O=C(c1ccc(F)cc1O)N1C[C@H]2CNC[C@H]2C1. The fourth-order valence-corrected chi connectivity index (χ4v) is 2.88. The van der Waals surface area contributed by atoms with Crippen LogP contribution in [0.1, 0.15) is 10.4 Å². The van der Waals surface area contributed by atoms with E-state index in [4.69, 9.17) is 0 Å². The van der Waals surface area contributed by atoms with E-state index in [9.17, 15) is 14.3 Å². The van der Waals surface area contributed by atoms with Crippen LogP contribution >= 0.6 is 0 Å². The predicted octanol–water partition coefficient (Wildman–Crippen LogP) is 0.823. The van der Waals surface area contributed by atoms with Gasteiger partial charge in [-0.15, -0.1) is 0 Å². The van der Waals surface area contributed by atoms with Gasteiger partial charge in [0.15, 0.2) is 0 Å². The number of carbonyl (C=O) groups excluding carboxylic acids is 1. The number of phenols is 1. The highest BCUT2D eigenvalue weighted by Gasteiger charge is 2.38. The topological polar surface area (TPSA) is 52.6 Å². The van der Waals surface area contributed by atoms with Crippen LogP contribution in [0.15, 0.2) is 18.2 Å². The van der Waals surface area contributed by atoms with E-state index in [-0.39, 0.29) is 17.2 Å². The zero-order valence-electron chi connectivity index (χ0n) is 9.90. The minimum atomic E-state index is -0.536. The van der Waals surface area contributed by atoms with E-state index in [0.29, 0.717) is 24.9 Å². The number of phenolic OH excluding ortho intramolecular Hbond substituents is 1. The van der Waals surface area contributed by atoms with Gasteiger partial charge in [-0.25, -0.2) is 4.39 Å². The van der Waals surface area contributed by atoms with E-state index < -0.39 is 5.82 Å². The Bertz CT molecular complexity index is 480. The van der Waals surface area contributed by atoms with Gasteiger partial charge in [0.05, 0.1) is 5.56 Å². The Balaban J connectivity index is 1.79. The van der Waals surface area contributed by atoms with Crippen LogP contribution in [0, 0.1) is 17.7 Å². The number of halogens is 1. The van der Waals surface area contributed by atoms with Gasteiger partial charge in [0.1, 0.15) is 11.6 Å². The number of amides is 1. The molecule has 2 fully saturated rings. The fourth-order valence-electron chi connectivity index (χ4n) is 2.88. The summed E-state index contributed by atoms with van der Waals surface area (Å²) < 4.78 is 12.9. The lowest BCUT2D eigenvalue weighted by atomic mass is 10.0. The Labute approximate surface area is 104 Å². The smallest absolute Gasteiger partial charge is 0.257 e. The Hall–Kier alpha value is -1.62. The molecule has 1 aromatic rings. The molecule has 2 N–H and O–H groups in total. The summed E-state index contributed by atoms with van der Waals surface area (Å²) in [6, 6.07) is 3.52. The van der Waals surface area contributed by atoms with Crippen LogP contribution < -0.4 is 5.32 Å². The number of carbonyl (C=O) groups is 1. The van der Waals surface area contributed by atoms with Crippen molar-refractivity contribution in [2.24, 2.45) is 11.8 Å². The number of nitrogens with zero attached hydrogens (tertiary/aromatic N) is 1. The van der Waals surface area contributed by atoms with Crippen molar-refractivity contribution in [2.45, 2.75) is 0 Å². The van der Waals surface area contributed by atoms with E-state index in [0.717, 1.165) is 19.2 Å². The Morgan fingerprint density at radius 2 is 2.00 bits per heavy atom. The number of hydrogen-bond acceptors (Lipinski definition) is 3. The molecule has 2 aliphatic heterocycles. The first-order valence-electron chi connectivity index (χ1n) is 6.13. The molecule has 1 aromatic carbocycles. The van der Waals surface area contributed by atoms with Crippen molar-refractivity contribution in [3.8, 4) is 5.75 Å². The number of nitrogens with one attached hydrogen (secondary N) is 1. The second kappa shape index (κ2) is 4.24. The van der Waals surface area contributed by atoms with E-state index in [2.05, 4.69) is 5.32 Å². The Morgan fingerprint density at radius 1 is 1.33 bits per heavy atom. The lowest BCUT2D eigenvalue weighted by Gasteiger charge is -2.18. The number of rotatable bonds is 1. The highest BCUT2D eigenvalue weighted by atomic mass is 19.1. The van der Waals surface area contributed by atoms with E-state index in [1.807, 2.05) is 0 Å². The average molecular weight is 250 g/mol. The molecule has 0 aromatic heterocycles. The van der Waals surface area contributed by atoms with Crippen molar-refractivity contribution in [3.63, 3.8) is 0 Å². The minimum absolute atomic E-state index is 0.185. The summed E-state index contributed by atoms with van der Waals surface area (Å²) in [4.78, 5) is 14.0. The summed E-state index contributed by atoms with van der Waals surface area (Å²) in [5.74, 6) is -0.00305. The molecule has 4 nitrogen and oxygen atoms in total. The van der Waals surface area contributed by atoms with E-state index in [1.54, 1.807) is 4.90 Å². The minimum Gasteiger partial charge on any atom is -0.507 e. The molecule has 5 heteroatoms. The van der Waals surface area contributed by atoms with Crippen LogP contribution in [-0.4, -0.2) is 42.1 Å². The van der Waals surface area contributed by atoms with Crippen LogP contribution in [0.3, 0.4) is 0 Å². The monoisotopic (exact) mass is 250 g/mol. The van der Waals surface area contributed by atoms with Gasteiger partial charge in [0, 0.05) is 32.2 Å². The molecule has 2 heterocycles. The van der Waals surface area contributed by atoms with Gasteiger partial charge in [-0.1, -0.05) is 0 Å². The first kappa shape index (κ1) is 11.5. The summed E-state index contributed by atoms with van der Waals surface area (Å²) in [7, 11) is 0. The third kappa shape index (κ3) is 1.84. The van der Waals surface area contributed by atoms with Crippen LogP contribution in [-0.2, 0) is 0 Å². The third-order valence-electron chi connectivity index (χ3n) is 3.87. The summed E-state index contributed by atoms with van der Waals surface area (Å²) in [6.07, 6.45) is 0. The molecule has 0 unspecified atom stereocenters. The van der Waals surface area contributed by atoms with Crippen molar-refractivity contribution in [2.75, 3.05) is 26.2 Å². The first-order valence-corrected chi connectivity index (χ1v) is 6.13. The van der Waals surface area contributed by atoms with E-state index >= 15 is 0 Å². The van der Waals surface area contributed by atoms with Crippen LogP contribution in [0.4, 0.5) is 4.39 Å². The number of likely N-dealkylation sites (tertiary alicyclic amines) is 1. The highest BCUT2D eigenvalue weighted by molar-refractivity contribution is 5.97. The molecular formula is C13H15FN2O2. The van der Waals surface area contributed by atoms with Gasteiger partial charge >= 0.3 is 0 Å². The second-order valence-electron chi connectivity index (χ2n) is 5.05. The summed E-state index contributed by atoms with van der Waals surface area (Å²) in [6.45, 7) is 3.33. The van der Waals surface area contributed by atoms with E-state index in [1.165, 1.54) is 12.1 Å². The van der Waals surface area contributed by atoms with Crippen molar-refractivity contribution in [1.29, 1.82) is 0 Å². The molecule has 18 heavy (non-hydrogen) atoms. The van der Waals surface area contributed by atoms with Crippen molar-refractivity contribution in [1.82, 2.24) is 10.2 Å². The lowest BCUT2D eigenvalue weighted by Crippen LogP contribution is -2.31. The van der Waals surface area contributed by atoms with Crippen LogP contribution in [0.5, 0.6) is 5.75 Å². The van der Waals surface area contributed by atoms with Crippen molar-refractivity contribution < 1.29 is 14.3 Å². The number of benzene rings is 1. The second-order valence-corrected chi connectivity index (χ2v) is 5.05. The molecule has 2 saturated heterocycles. The molecule has 0 saturated carbocycles. The standard InChI is InChI=1S/C13H15FN2O2/c14-10-1-2-11(12(17)3-10)13(18)16-6-8-4-15-5-9(8)7-16/h1-3,8-9,15,17H,4-7H2/t8-,9+. The molecule has 1 amide bonds. The summed E-state index contributed by atoms with van der Waals surface area (Å²) >= 11 is 0. The fraction of sp³-hybridized carbons (Fsp3) is 0.462. The number of aromatic hydroxyl groups is 1. The van der Waals surface area contributed by atoms with Gasteiger partial charge in [-0.3, -0.25) is 4.79 Å². The van der Waals surface area contributed by atoms with Crippen molar-refractivity contribution >= 4 is 5.91 Å². The molecule has 0 spiro atoms. The molecule has 0 aliphatic carbocycles. The molecule has 96 valence electrons. The zero-order valence-corrected chi connectivity index (χ0v) is 9.90. The maximum Gasteiger partial charge on any atom is 0.257 e. The first-order chi connectivity index (χ1) is 8.65. The van der Waals surface area contributed by atoms with Gasteiger partial charge in [0.2, 0.25) is 0 Å². The number of fused-ring (bicyclic) bond motifs is 1. The largest absolute Gasteiger partial charge is 0.507 e. The molecule has 0 radical (unpaired) electrons. The quantitative estimate of drug-likeness (QED) is 0.776. The van der Waals surface area contributed by atoms with Crippen molar-refractivity contribution in [3.05, 3.63) is 29.6 Å².